The number of aryl methyl sites for hydroxylation is 1. The maximum atomic E-state index is 12.3. The van der Waals surface area contributed by atoms with Crippen LogP contribution in [0.1, 0.15) is 32.2 Å². The lowest BCUT2D eigenvalue weighted by Gasteiger charge is -2.35. The van der Waals surface area contributed by atoms with Gasteiger partial charge in [-0.15, -0.1) is 5.10 Å². The number of sulfone groups is 1. The van der Waals surface area contributed by atoms with Gasteiger partial charge in [0.15, 0.2) is 9.84 Å². The van der Waals surface area contributed by atoms with Crippen molar-refractivity contribution in [1.82, 2.24) is 20.2 Å². The molecule has 0 bridgehead atoms. The van der Waals surface area contributed by atoms with E-state index < -0.39 is 14.6 Å². The van der Waals surface area contributed by atoms with E-state index in [1.165, 1.54) is 6.26 Å². The Balaban J connectivity index is 2.07. The fourth-order valence-corrected chi connectivity index (χ4v) is 3.19. The second kappa shape index (κ2) is 7.08. The van der Waals surface area contributed by atoms with Crippen molar-refractivity contribution >= 4 is 15.7 Å². The Bertz CT molecular complexity index is 925. The summed E-state index contributed by atoms with van der Waals surface area (Å²) in [4.78, 5) is 10.9. The van der Waals surface area contributed by atoms with E-state index in [2.05, 4.69) is 25.1 Å². The third-order valence-electron chi connectivity index (χ3n) is 4.78. The molecule has 1 saturated heterocycles. The molecule has 1 aliphatic heterocycles. The number of H-pyrrole nitrogens is 1. The van der Waals surface area contributed by atoms with Gasteiger partial charge in [-0.2, -0.15) is 9.97 Å². The zero-order valence-electron chi connectivity index (χ0n) is 16.2. The Morgan fingerprint density at radius 3 is 2.67 bits per heavy atom. The molecule has 0 aliphatic carbocycles. The summed E-state index contributed by atoms with van der Waals surface area (Å²) in [5.41, 5.74) is 1.20. The Kier molecular flexibility index (Phi) is 5.13. The third kappa shape index (κ3) is 4.06. The number of nitrogens with zero attached hydrogens (tertiary/aromatic N) is 4. The van der Waals surface area contributed by atoms with Gasteiger partial charge >= 0.3 is 6.01 Å². The van der Waals surface area contributed by atoms with Crippen molar-refractivity contribution < 1.29 is 17.9 Å². The number of anilines is 1. The number of aromatic amines is 1. The minimum absolute atomic E-state index is 0.0596. The molecule has 0 radical (unpaired) electrons. The van der Waals surface area contributed by atoms with Crippen LogP contribution < -0.4 is 9.64 Å². The number of rotatable bonds is 5. The van der Waals surface area contributed by atoms with Crippen LogP contribution in [0, 0.1) is 6.92 Å². The van der Waals surface area contributed by atoms with Gasteiger partial charge in [0, 0.05) is 30.6 Å². The zero-order chi connectivity index (χ0) is 19.8. The SMILES string of the molecule is Cc1cc(Oc2nc(N3CCOC[C@H]3C)cc(C(C)(C)S(C)(=O)=O)n2)n[nH]1. The predicted molar refractivity (Wildman–Crippen MR) is 101 cm³/mol. The maximum absolute atomic E-state index is 12.3. The van der Waals surface area contributed by atoms with Crippen LogP contribution in [-0.2, 0) is 19.3 Å². The van der Waals surface area contributed by atoms with Gasteiger partial charge in [-0.25, -0.2) is 8.42 Å². The summed E-state index contributed by atoms with van der Waals surface area (Å²) in [5.74, 6) is 0.928. The molecule has 1 fully saturated rings. The highest BCUT2D eigenvalue weighted by Gasteiger charge is 2.36. The molecule has 3 rings (SSSR count). The quantitative estimate of drug-likeness (QED) is 0.816. The molecule has 0 amide bonds. The molecule has 0 unspecified atom stereocenters. The number of morpholine rings is 1. The van der Waals surface area contributed by atoms with Gasteiger partial charge in [-0.05, 0) is 27.7 Å². The fraction of sp³-hybridized carbons (Fsp3) is 0.588. The van der Waals surface area contributed by atoms with Crippen molar-refractivity contribution in [2.24, 2.45) is 0 Å². The number of nitrogens with one attached hydrogen (secondary N) is 1. The Morgan fingerprint density at radius 1 is 1.33 bits per heavy atom. The van der Waals surface area contributed by atoms with Gasteiger partial charge < -0.3 is 14.4 Å². The van der Waals surface area contributed by atoms with Crippen molar-refractivity contribution in [2.75, 3.05) is 30.9 Å². The monoisotopic (exact) mass is 395 g/mol. The summed E-state index contributed by atoms with van der Waals surface area (Å²) < 4.78 is 34.6. The molecule has 148 valence electrons. The van der Waals surface area contributed by atoms with E-state index in [0.29, 0.717) is 37.2 Å². The molecule has 0 saturated carbocycles. The van der Waals surface area contributed by atoms with Crippen LogP contribution >= 0.6 is 0 Å². The molecule has 2 aromatic heterocycles. The van der Waals surface area contributed by atoms with Gasteiger partial charge in [-0.3, -0.25) is 5.10 Å². The lowest BCUT2D eigenvalue weighted by atomic mass is 10.1. The number of hydrogen-bond acceptors (Lipinski definition) is 8. The van der Waals surface area contributed by atoms with Crippen LogP contribution in [0.25, 0.3) is 0 Å². The number of aromatic nitrogens is 4. The number of hydrogen-bond donors (Lipinski definition) is 1. The van der Waals surface area contributed by atoms with Crippen molar-refractivity contribution in [3.63, 3.8) is 0 Å². The normalized spacial score (nSPS) is 18.6. The molecule has 0 aromatic carbocycles. The van der Waals surface area contributed by atoms with Crippen molar-refractivity contribution in [2.45, 2.75) is 38.5 Å². The van der Waals surface area contributed by atoms with Gasteiger partial charge in [0.2, 0.25) is 5.88 Å². The van der Waals surface area contributed by atoms with Crippen LogP contribution in [0.4, 0.5) is 5.82 Å². The minimum Gasteiger partial charge on any atom is -0.404 e. The summed E-state index contributed by atoms with van der Waals surface area (Å²) in [6.07, 6.45) is 1.20. The lowest BCUT2D eigenvalue weighted by Crippen LogP contribution is -2.44. The average molecular weight is 395 g/mol. The van der Waals surface area contributed by atoms with Gasteiger partial charge in [0.25, 0.3) is 0 Å². The molecule has 3 heterocycles. The van der Waals surface area contributed by atoms with Crippen molar-refractivity contribution in [3.8, 4) is 11.9 Å². The molecule has 10 heteroatoms. The minimum atomic E-state index is -3.41. The van der Waals surface area contributed by atoms with Crippen LogP contribution in [0.5, 0.6) is 11.9 Å². The smallest absolute Gasteiger partial charge is 0.325 e. The summed E-state index contributed by atoms with van der Waals surface area (Å²) in [7, 11) is -3.41. The Labute approximate surface area is 159 Å². The molecule has 1 aliphatic rings. The van der Waals surface area contributed by atoms with E-state index in [1.807, 2.05) is 13.8 Å². The summed E-state index contributed by atoms with van der Waals surface area (Å²) >= 11 is 0. The van der Waals surface area contributed by atoms with Gasteiger partial charge in [-0.1, -0.05) is 0 Å². The molecule has 0 spiro atoms. The van der Waals surface area contributed by atoms with E-state index in [-0.39, 0.29) is 12.1 Å². The first kappa shape index (κ1) is 19.6. The standard InChI is InChI=1S/C17H25N5O4S/c1-11-8-15(21-20-11)26-16-18-13(17(3,4)27(5,23)24)9-14(19-16)22-6-7-25-10-12(22)2/h8-9,12H,6-7,10H2,1-5H3,(H,20,21)/t12-/m1/s1. The Morgan fingerprint density at radius 2 is 2.07 bits per heavy atom. The van der Waals surface area contributed by atoms with Crippen molar-refractivity contribution in [1.29, 1.82) is 0 Å². The predicted octanol–water partition coefficient (Wildman–Crippen LogP) is 1.81. The molecular weight excluding hydrogens is 370 g/mol. The van der Waals surface area contributed by atoms with Crippen LogP contribution in [0.15, 0.2) is 12.1 Å². The highest BCUT2D eigenvalue weighted by Crippen LogP contribution is 2.32. The molecule has 2 aromatic rings. The highest BCUT2D eigenvalue weighted by atomic mass is 32.2. The van der Waals surface area contributed by atoms with E-state index >= 15 is 0 Å². The summed E-state index contributed by atoms with van der Waals surface area (Å²) in [6.45, 7) is 8.93. The van der Waals surface area contributed by atoms with E-state index in [4.69, 9.17) is 9.47 Å². The van der Waals surface area contributed by atoms with E-state index in [1.54, 1.807) is 26.0 Å². The largest absolute Gasteiger partial charge is 0.404 e. The average Bonchev–Trinajstić information content (AvgIpc) is 2.98. The molecule has 1 N–H and O–H groups in total. The summed E-state index contributed by atoms with van der Waals surface area (Å²) in [5, 5.41) is 6.82. The first-order chi connectivity index (χ1) is 12.6. The van der Waals surface area contributed by atoms with Crippen molar-refractivity contribution in [3.05, 3.63) is 23.5 Å². The second-order valence-electron chi connectivity index (χ2n) is 7.29. The van der Waals surface area contributed by atoms with Gasteiger partial charge in [0.05, 0.1) is 24.9 Å². The molecule has 27 heavy (non-hydrogen) atoms. The van der Waals surface area contributed by atoms with E-state index in [0.717, 1.165) is 5.69 Å². The van der Waals surface area contributed by atoms with E-state index in [9.17, 15) is 8.42 Å². The topological polar surface area (TPSA) is 110 Å². The van der Waals surface area contributed by atoms with Gasteiger partial charge in [0.1, 0.15) is 10.6 Å². The maximum Gasteiger partial charge on any atom is 0.325 e. The molecular formula is C17H25N5O4S. The lowest BCUT2D eigenvalue weighted by molar-refractivity contribution is 0.0984. The first-order valence-electron chi connectivity index (χ1n) is 8.71. The summed E-state index contributed by atoms with van der Waals surface area (Å²) in [6, 6.07) is 3.59. The second-order valence-corrected chi connectivity index (χ2v) is 9.85. The molecule has 1 atom stereocenters. The fourth-order valence-electron chi connectivity index (χ4n) is 2.71. The van der Waals surface area contributed by atoms with Crippen LogP contribution in [0.2, 0.25) is 0 Å². The first-order valence-corrected chi connectivity index (χ1v) is 10.6. The van der Waals surface area contributed by atoms with Crippen LogP contribution in [-0.4, -0.2) is 60.6 Å². The Hall–Kier alpha value is -2.20. The third-order valence-corrected chi connectivity index (χ3v) is 6.84. The van der Waals surface area contributed by atoms with Crippen LogP contribution in [0.3, 0.4) is 0 Å². The number of ether oxygens (including phenoxy) is 2. The molecule has 9 nitrogen and oxygen atoms in total. The highest BCUT2D eigenvalue weighted by molar-refractivity contribution is 7.91. The zero-order valence-corrected chi connectivity index (χ0v) is 17.0.